The Balaban J connectivity index is 1.73. The van der Waals surface area contributed by atoms with Gasteiger partial charge in [-0.3, -0.25) is 4.98 Å². The lowest BCUT2D eigenvalue weighted by Crippen LogP contribution is -2.32. The average Bonchev–Trinajstić information content (AvgIpc) is 3.26. The Kier molecular flexibility index (Phi) is 4.93. The highest BCUT2D eigenvalue weighted by Crippen LogP contribution is 2.35. The van der Waals surface area contributed by atoms with Gasteiger partial charge in [0.1, 0.15) is 17.6 Å². The van der Waals surface area contributed by atoms with Crippen molar-refractivity contribution in [2.24, 2.45) is 7.05 Å². The number of cyclic esters (lactones) is 1. The first-order chi connectivity index (χ1) is 13.9. The Morgan fingerprint density at radius 1 is 1.28 bits per heavy atom. The molecule has 1 saturated heterocycles. The number of aryl methyl sites for hydroxylation is 1. The van der Waals surface area contributed by atoms with E-state index in [1.165, 1.54) is 10.7 Å². The summed E-state index contributed by atoms with van der Waals surface area (Å²) < 4.78 is 21.8. The van der Waals surface area contributed by atoms with Crippen molar-refractivity contribution < 1.29 is 13.9 Å². The number of carbonyl (C=O) groups is 1. The number of halogens is 1. The van der Waals surface area contributed by atoms with Crippen LogP contribution in [0.25, 0.3) is 22.6 Å². The SMILES string of the molecule is CN(C)CC1OC(=O)NC1c1cccc(F)c1-c1ccc(-c2nnnn2C)nc1. The number of alkyl carbamates (subject to hydrolysis) is 1. The van der Waals surface area contributed by atoms with E-state index in [1.807, 2.05) is 19.0 Å². The van der Waals surface area contributed by atoms with Crippen LogP contribution < -0.4 is 5.32 Å². The molecular formula is C19H20FN7O2. The number of rotatable bonds is 5. The van der Waals surface area contributed by atoms with E-state index < -0.39 is 24.1 Å². The highest BCUT2D eigenvalue weighted by Gasteiger charge is 2.37. The van der Waals surface area contributed by atoms with Crippen LogP contribution in [0.5, 0.6) is 0 Å². The topological polar surface area (TPSA) is 98.1 Å². The summed E-state index contributed by atoms with van der Waals surface area (Å²) in [4.78, 5) is 18.2. The fourth-order valence-corrected chi connectivity index (χ4v) is 3.47. The molecule has 150 valence electrons. The molecule has 29 heavy (non-hydrogen) atoms. The molecule has 10 heteroatoms. The quantitative estimate of drug-likeness (QED) is 0.701. The van der Waals surface area contributed by atoms with Crippen molar-refractivity contribution in [1.82, 2.24) is 35.4 Å². The molecule has 2 unspecified atom stereocenters. The summed E-state index contributed by atoms with van der Waals surface area (Å²) in [6, 6.07) is 7.83. The standard InChI is InChI=1S/C19H20FN7O2/c1-26(2)10-15-17(22-19(28)29-15)12-5-4-6-13(20)16(12)11-7-8-14(21-9-11)18-23-24-25-27(18)3/h4-9,15,17H,10H2,1-3H3,(H,22,28). The van der Waals surface area contributed by atoms with Crippen LogP contribution in [-0.2, 0) is 11.8 Å². The normalized spacial score (nSPS) is 18.7. The zero-order valence-corrected chi connectivity index (χ0v) is 16.2. The van der Waals surface area contributed by atoms with Gasteiger partial charge in [0.15, 0.2) is 5.82 Å². The third-order valence-electron chi connectivity index (χ3n) is 4.73. The first kappa shape index (κ1) is 18.9. The summed E-state index contributed by atoms with van der Waals surface area (Å²) in [7, 11) is 5.49. The number of nitrogens with zero attached hydrogens (tertiary/aromatic N) is 6. The van der Waals surface area contributed by atoms with Crippen molar-refractivity contribution in [2.45, 2.75) is 12.1 Å². The first-order valence-electron chi connectivity index (χ1n) is 9.03. The molecular weight excluding hydrogens is 377 g/mol. The number of ether oxygens (including phenoxy) is 1. The molecule has 3 heterocycles. The van der Waals surface area contributed by atoms with E-state index in [0.29, 0.717) is 34.8 Å². The van der Waals surface area contributed by atoms with E-state index in [1.54, 1.807) is 37.5 Å². The maximum Gasteiger partial charge on any atom is 0.408 e. The first-order valence-corrected chi connectivity index (χ1v) is 9.03. The second-order valence-corrected chi connectivity index (χ2v) is 7.09. The molecule has 4 rings (SSSR count). The van der Waals surface area contributed by atoms with Gasteiger partial charge in [0.25, 0.3) is 0 Å². The number of nitrogens with one attached hydrogen (secondary N) is 1. The fraction of sp³-hybridized carbons (Fsp3) is 0.316. The van der Waals surface area contributed by atoms with Gasteiger partial charge in [-0.1, -0.05) is 18.2 Å². The van der Waals surface area contributed by atoms with Gasteiger partial charge in [-0.25, -0.2) is 13.9 Å². The second-order valence-electron chi connectivity index (χ2n) is 7.09. The van der Waals surface area contributed by atoms with Crippen molar-refractivity contribution in [3.63, 3.8) is 0 Å². The van der Waals surface area contributed by atoms with Crippen molar-refractivity contribution >= 4 is 6.09 Å². The number of pyridine rings is 1. The summed E-state index contributed by atoms with van der Waals surface area (Å²) in [6.07, 6.45) is 0.625. The zero-order chi connectivity index (χ0) is 20.5. The van der Waals surface area contributed by atoms with Crippen LogP contribution in [0.2, 0.25) is 0 Å². The maximum atomic E-state index is 14.9. The molecule has 1 amide bonds. The summed E-state index contributed by atoms with van der Waals surface area (Å²) in [5.74, 6) is 0.106. The van der Waals surface area contributed by atoms with Gasteiger partial charge in [-0.05, 0) is 42.2 Å². The highest BCUT2D eigenvalue weighted by molar-refractivity contribution is 5.74. The Labute approximate surface area is 166 Å². The number of amides is 1. The van der Waals surface area contributed by atoms with Crippen LogP contribution in [0.15, 0.2) is 36.5 Å². The van der Waals surface area contributed by atoms with Crippen molar-refractivity contribution in [3.05, 3.63) is 47.9 Å². The van der Waals surface area contributed by atoms with Gasteiger partial charge >= 0.3 is 6.09 Å². The Morgan fingerprint density at radius 3 is 2.76 bits per heavy atom. The molecule has 1 aliphatic heterocycles. The minimum Gasteiger partial charge on any atom is -0.442 e. The summed E-state index contributed by atoms with van der Waals surface area (Å²) in [6.45, 7) is 0.510. The highest BCUT2D eigenvalue weighted by atomic mass is 19.1. The smallest absolute Gasteiger partial charge is 0.408 e. The van der Waals surface area contributed by atoms with Gasteiger partial charge < -0.3 is 15.0 Å². The predicted octanol–water partition coefficient (Wildman–Crippen LogP) is 1.79. The van der Waals surface area contributed by atoms with E-state index in [9.17, 15) is 9.18 Å². The fourth-order valence-electron chi connectivity index (χ4n) is 3.47. The molecule has 0 saturated carbocycles. The number of likely N-dealkylation sites (N-methyl/N-ethyl adjacent to an activating group) is 1. The number of aromatic nitrogens is 5. The van der Waals surface area contributed by atoms with Gasteiger partial charge in [0, 0.05) is 30.9 Å². The van der Waals surface area contributed by atoms with Gasteiger partial charge in [0.05, 0.1) is 6.04 Å². The van der Waals surface area contributed by atoms with Crippen LogP contribution in [0.3, 0.4) is 0 Å². The van der Waals surface area contributed by atoms with Crippen molar-refractivity contribution in [2.75, 3.05) is 20.6 Å². The molecule has 2 atom stereocenters. The third-order valence-corrected chi connectivity index (χ3v) is 4.73. The molecule has 1 N–H and O–H groups in total. The van der Waals surface area contributed by atoms with Crippen molar-refractivity contribution in [1.29, 1.82) is 0 Å². The number of benzene rings is 1. The maximum absolute atomic E-state index is 14.9. The van der Waals surface area contributed by atoms with Crippen LogP contribution in [-0.4, -0.2) is 62.9 Å². The third kappa shape index (κ3) is 3.66. The lowest BCUT2D eigenvalue weighted by molar-refractivity contribution is 0.111. The molecule has 1 aliphatic rings. The lowest BCUT2D eigenvalue weighted by Gasteiger charge is -2.23. The molecule has 0 bridgehead atoms. The van der Waals surface area contributed by atoms with Gasteiger partial charge in [-0.15, -0.1) is 5.10 Å². The van der Waals surface area contributed by atoms with Gasteiger partial charge in [-0.2, -0.15) is 0 Å². The number of hydrogen-bond donors (Lipinski definition) is 1. The lowest BCUT2D eigenvalue weighted by atomic mass is 9.92. The number of carbonyl (C=O) groups excluding carboxylic acids is 1. The minimum absolute atomic E-state index is 0.377. The Morgan fingerprint density at radius 2 is 2.10 bits per heavy atom. The van der Waals surface area contributed by atoms with Crippen LogP contribution in [0, 0.1) is 5.82 Å². The molecule has 0 radical (unpaired) electrons. The van der Waals surface area contributed by atoms with Crippen LogP contribution in [0.1, 0.15) is 11.6 Å². The summed E-state index contributed by atoms with van der Waals surface area (Å²) in [5.41, 5.74) is 2.17. The second kappa shape index (κ2) is 7.55. The summed E-state index contributed by atoms with van der Waals surface area (Å²) in [5, 5.41) is 14.1. The molecule has 0 spiro atoms. The number of tetrazole rings is 1. The molecule has 3 aromatic rings. The Bertz CT molecular complexity index is 1040. The average molecular weight is 397 g/mol. The number of hydrogen-bond acceptors (Lipinski definition) is 7. The molecule has 0 aliphatic carbocycles. The van der Waals surface area contributed by atoms with Crippen LogP contribution >= 0.6 is 0 Å². The van der Waals surface area contributed by atoms with E-state index in [-0.39, 0.29) is 0 Å². The van der Waals surface area contributed by atoms with E-state index >= 15 is 0 Å². The monoisotopic (exact) mass is 397 g/mol. The minimum atomic E-state index is -0.514. The van der Waals surface area contributed by atoms with Gasteiger partial charge in [0.2, 0.25) is 0 Å². The van der Waals surface area contributed by atoms with E-state index in [0.717, 1.165) is 0 Å². The van der Waals surface area contributed by atoms with E-state index in [4.69, 9.17) is 4.74 Å². The molecule has 1 aromatic carbocycles. The van der Waals surface area contributed by atoms with Crippen LogP contribution in [0.4, 0.5) is 9.18 Å². The summed E-state index contributed by atoms with van der Waals surface area (Å²) >= 11 is 0. The Hall–Kier alpha value is -3.40. The zero-order valence-electron chi connectivity index (χ0n) is 16.2. The molecule has 2 aromatic heterocycles. The van der Waals surface area contributed by atoms with Crippen molar-refractivity contribution in [3.8, 4) is 22.6 Å². The molecule has 1 fully saturated rings. The van der Waals surface area contributed by atoms with E-state index in [2.05, 4.69) is 25.8 Å². The largest absolute Gasteiger partial charge is 0.442 e. The predicted molar refractivity (Wildman–Crippen MR) is 102 cm³/mol. The molecule has 9 nitrogen and oxygen atoms in total.